The van der Waals surface area contributed by atoms with Crippen molar-refractivity contribution in [3.63, 3.8) is 0 Å². The van der Waals surface area contributed by atoms with Crippen LogP contribution in [-0.4, -0.2) is 18.7 Å². The third-order valence-corrected chi connectivity index (χ3v) is 1.41. The number of hydrogen-bond acceptors (Lipinski definition) is 1. The number of hydrogen-bond donors (Lipinski definition) is 1. The van der Waals surface area contributed by atoms with E-state index in [4.69, 9.17) is 11.6 Å². The highest BCUT2D eigenvalue weighted by Crippen LogP contribution is 1.94. The van der Waals surface area contributed by atoms with Gasteiger partial charge in [0.1, 0.15) is 0 Å². The molecule has 62 valence electrons. The van der Waals surface area contributed by atoms with E-state index in [-0.39, 0.29) is 6.54 Å². The summed E-state index contributed by atoms with van der Waals surface area (Å²) < 4.78 is 11.9. The standard InChI is InChI=1S/C7H15ClFN/c1-2-3-4-5-10-6-7(8)9/h7,10H,2-6H2,1H3. The molecule has 3 heteroatoms. The summed E-state index contributed by atoms with van der Waals surface area (Å²) in [4.78, 5) is 0. The second kappa shape index (κ2) is 7.29. The van der Waals surface area contributed by atoms with Crippen LogP contribution in [0.3, 0.4) is 0 Å². The topological polar surface area (TPSA) is 12.0 Å². The zero-order chi connectivity index (χ0) is 7.82. The summed E-state index contributed by atoms with van der Waals surface area (Å²) in [7, 11) is 0. The van der Waals surface area contributed by atoms with Gasteiger partial charge in [0.25, 0.3) is 0 Å². The maximum atomic E-state index is 11.9. The highest BCUT2D eigenvalue weighted by atomic mass is 35.5. The van der Waals surface area contributed by atoms with Crippen LogP contribution in [0, 0.1) is 0 Å². The minimum atomic E-state index is -1.23. The van der Waals surface area contributed by atoms with Gasteiger partial charge in [-0.1, -0.05) is 31.4 Å². The predicted molar refractivity (Wildman–Crippen MR) is 43.1 cm³/mol. The molecule has 0 radical (unpaired) electrons. The van der Waals surface area contributed by atoms with Crippen molar-refractivity contribution in [2.75, 3.05) is 13.1 Å². The molecule has 0 aliphatic carbocycles. The van der Waals surface area contributed by atoms with E-state index in [9.17, 15) is 4.39 Å². The predicted octanol–water partition coefficient (Wildman–Crippen LogP) is 2.30. The molecule has 0 fully saturated rings. The Morgan fingerprint density at radius 1 is 1.50 bits per heavy atom. The Hall–Kier alpha value is 0.180. The minimum absolute atomic E-state index is 0.269. The molecule has 1 N–H and O–H groups in total. The molecule has 0 aromatic rings. The smallest absolute Gasteiger partial charge is 0.185 e. The van der Waals surface area contributed by atoms with Gasteiger partial charge in [-0.05, 0) is 13.0 Å². The van der Waals surface area contributed by atoms with E-state index in [1.54, 1.807) is 0 Å². The van der Waals surface area contributed by atoms with Crippen molar-refractivity contribution < 1.29 is 4.39 Å². The van der Waals surface area contributed by atoms with Crippen molar-refractivity contribution in [3.8, 4) is 0 Å². The Bertz CT molecular complexity index is 68.6. The summed E-state index contributed by atoms with van der Waals surface area (Å²) in [5.41, 5.74) is -1.23. The van der Waals surface area contributed by atoms with Crippen molar-refractivity contribution in [1.82, 2.24) is 5.32 Å². The molecular formula is C7H15ClFN. The first kappa shape index (κ1) is 10.2. The van der Waals surface area contributed by atoms with Gasteiger partial charge in [0.15, 0.2) is 5.63 Å². The van der Waals surface area contributed by atoms with Crippen molar-refractivity contribution in [1.29, 1.82) is 0 Å². The van der Waals surface area contributed by atoms with E-state index in [1.807, 2.05) is 0 Å². The van der Waals surface area contributed by atoms with Crippen molar-refractivity contribution in [2.45, 2.75) is 31.8 Å². The molecule has 0 aliphatic rings. The molecule has 0 rings (SSSR count). The molecular weight excluding hydrogens is 153 g/mol. The summed E-state index contributed by atoms with van der Waals surface area (Å²) in [5.74, 6) is 0. The molecule has 0 saturated carbocycles. The van der Waals surface area contributed by atoms with Crippen molar-refractivity contribution in [3.05, 3.63) is 0 Å². The van der Waals surface area contributed by atoms with Gasteiger partial charge in [0.2, 0.25) is 0 Å². The molecule has 10 heavy (non-hydrogen) atoms. The van der Waals surface area contributed by atoms with Crippen LogP contribution in [0.4, 0.5) is 4.39 Å². The summed E-state index contributed by atoms with van der Waals surface area (Å²) in [6.45, 7) is 3.28. The van der Waals surface area contributed by atoms with Crippen LogP contribution in [0.1, 0.15) is 26.2 Å². The van der Waals surface area contributed by atoms with Gasteiger partial charge in [-0.2, -0.15) is 0 Å². The van der Waals surface area contributed by atoms with E-state index < -0.39 is 5.63 Å². The van der Waals surface area contributed by atoms with Crippen molar-refractivity contribution in [2.24, 2.45) is 0 Å². The maximum absolute atomic E-state index is 11.9. The van der Waals surface area contributed by atoms with E-state index in [1.165, 1.54) is 12.8 Å². The fraction of sp³-hybridized carbons (Fsp3) is 1.00. The summed E-state index contributed by atoms with van der Waals surface area (Å²) in [6, 6.07) is 0. The molecule has 1 unspecified atom stereocenters. The first-order valence-electron chi connectivity index (χ1n) is 3.76. The van der Waals surface area contributed by atoms with Crippen LogP contribution >= 0.6 is 11.6 Å². The van der Waals surface area contributed by atoms with Gasteiger partial charge in [-0.25, -0.2) is 4.39 Å². The lowest BCUT2D eigenvalue weighted by molar-refractivity contribution is 0.417. The third kappa shape index (κ3) is 8.18. The highest BCUT2D eigenvalue weighted by molar-refractivity contribution is 6.19. The molecule has 0 aromatic heterocycles. The highest BCUT2D eigenvalue weighted by Gasteiger charge is 1.96. The molecule has 0 amide bonds. The molecule has 0 heterocycles. The Balaban J connectivity index is 2.77. The molecule has 0 aromatic carbocycles. The van der Waals surface area contributed by atoms with E-state index in [0.717, 1.165) is 13.0 Å². The van der Waals surface area contributed by atoms with Gasteiger partial charge in [0, 0.05) is 6.54 Å². The lowest BCUT2D eigenvalue weighted by Gasteiger charge is -2.02. The third-order valence-electron chi connectivity index (χ3n) is 1.26. The van der Waals surface area contributed by atoms with Gasteiger partial charge in [-0.3, -0.25) is 0 Å². The normalized spacial score (nSPS) is 13.5. The first-order valence-corrected chi connectivity index (χ1v) is 4.20. The Labute approximate surface area is 66.9 Å². The lowest BCUT2D eigenvalue weighted by atomic mass is 10.2. The molecule has 1 nitrogen and oxygen atoms in total. The maximum Gasteiger partial charge on any atom is 0.185 e. The average molecular weight is 168 g/mol. The second-order valence-corrected chi connectivity index (χ2v) is 2.78. The van der Waals surface area contributed by atoms with Gasteiger partial charge in [0.05, 0.1) is 0 Å². The van der Waals surface area contributed by atoms with Gasteiger partial charge < -0.3 is 5.32 Å². The minimum Gasteiger partial charge on any atom is -0.313 e. The fourth-order valence-corrected chi connectivity index (χ4v) is 0.820. The van der Waals surface area contributed by atoms with Crippen LogP contribution in [0.2, 0.25) is 0 Å². The number of halogens is 2. The number of alkyl halides is 2. The second-order valence-electron chi connectivity index (χ2n) is 2.30. The largest absolute Gasteiger partial charge is 0.313 e. The van der Waals surface area contributed by atoms with E-state index >= 15 is 0 Å². The van der Waals surface area contributed by atoms with Gasteiger partial charge in [-0.15, -0.1) is 0 Å². The molecule has 0 spiro atoms. The Morgan fingerprint density at radius 2 is 2.20 bits per heavy atom. The van der Waals surface area contributed by atoms with Crippen LogP contribution in [0.15, 0.2) is 0 Å². The van der Waals surface area contributed by atoms with Crippen LogP contribution in [0.25, 0.3) is 0 Å². The monoisotopic (exact) mass is 167 g/mol. The molecule has 0 aliphatic heterocycles. The summed E-state index contributed by atoms with van der Waals surface area (Å²) >= 11 is 5.06. The van der Waals surface area contributed by atoms with Gasteiger partial charge >= 0.3 is 0 Å². The quantitative estimate of drug-likeness (QED) is 0.473. The molecule has 0 bridgehead atoms. The SMILES string of the molecule is CCCCCNCC(F)Cl. The first-order chi connectivity index (χ1) is 4.77. The fourth-order valence-electron chi connectivity index (χ4n) is 0.711. The van der Waals surface area contributed by atoms with E-state index in [0.29, 0.717) is 0 Å². The zero-order valence-electron chi connectivity index (χ0n) is 6.37. The van der Waals surface area contributed by atoms with Crippen LogP contribution in [0.5, 0.6) is 0 Å². The lowest BCUT2D eigenvalue weighted by Crippen LogP contribution is -2.21. The number of nitrogens with one attached hydrogen (secondary N) is 1. The Morgan fingerprint density at radius 3 is 2.70 bits per heavy atom. The molecule has 1 atom stereocenters. The molecule has 0 saturated heterocycles. The van der Waals surface area contributed by atoms with Crippen LogP contribution in [-0.2, 0) is 0 Å². The van der Waals surface area contributed by atoms with Crippen molar-refractivity contribution >= 4 is 11.6 Å². The number of unbranched alkanes of at least 4 members (excludes halogenated alkanes) is 2. The van der Waals surface area contributed by atoms with Crippen LogP contribution < -0.4 is 5.32 Å². The zero-order valence-corrected chi connectivity index (χ0v) is 7.12. The summed E-state index contributed by atoms with van der Waals surface area (Å²) in [6.07, 6.45) is 3.51. The summed E-state index contributed by atoms with van der Waals surface area (Å²) in [5, 5.41) is 2.91. The number of rotatable bonds is 6. The Kier molecular flexibility index (Phi) is 7.42. The van der Waals surface area contributed by atoms with E-state index in [2.05, 4.69) is 12.2 Å². The average Bonchev–Trinajstić information content (AvgIpc) is 1.87.